The van der Waals surface area contributed by atoms with Crippen LogP contribution in [0.2, 0.25) is 0 Å². The number of likely N-dealkylation sites (tertiary alicyclic amines) is 1. The van der Waals surface area contributed by atoms with E-state index >= 15 is 0 Å². The van der Waals surface area contributed by atoms with Crippen molar-refractivity contribution in [2.45, 2.75) is 39.5 Å². The topological polar surface area (TPSA) is 20.3 Å². The lowest BCUT2D eigenvalue weighted by molar-refractivity contribution is 0.0756. The Morgan fingerprint density at radius 2 is 1.70 bits per heavy atom. The fourth-order valence-electron chi connectivity index (χ4n) is 3.07. The summed E-state index contributed by atoms with van der Waals surface area (Å²) in [5, 5.41) is 0. The number of nitrogens with zero attached hydrogens (tertiary/aromatic N) is 1. The standard InChI is InChI=1S/C17H24BrNO/c1-3-17(4-2)9-11-19(12-10-17)13-16(20)14-5-7-15(18)8-6-14/h5-8H,3-4,9-13H2,1-2H3. The molecule has 0 N–H and O–H groups in total. The van der Waals surface area contributed by atoms with E-state index in [1.807, 2.05) is 24.3 Å². The molecule has 0 radical (unpaired) electrons. The van der Waals surface area contributed by atoms with Crippen LogP contribution in [0.4, 0.5) is 0 Å². The molecule has 0 atom stereocenters. The first kappa shape index (κ1) is 15.7. The first-order valence-electron chi connectivity index (χ1n) is 7.60. The second-order valence-corrected chi connectivity index (χ2v) is 6.83. The summed E-state index contributed by atoms with van der Waals surface area (Å²) >= 11 is 3.40. The van der Waals surface area contributed by atoms with Gasteiger partial charge >= 0.3 is 0 Å². The van der Waals surface area contributed by atoms with Crippen LogP contribution in [-0.4, -0.2) is 30.3 Å². The highest BCUT2D eigenvalue weighted by Gasteiger charge is 2.31. The smallest absolute Gasteiger partial charge is 0.176 e. The summed E-state index contributed by atoms with van der Waals surface area (Å²) in [6, 6.07) is 7.67. The number of rotatable bonds is 5. The quantitative estimate of drug-likeness (QED) is 0.735. The van der Waals surface area contributed by atoms with E-state index in [4.69, 9.17) is 0 Å². The Morgan fingerprint density at radius 3 is 2.20 bits per heavy atom. The second-order valence-electron chi connectivity index (χ2n) is 5.91. The van der Waals surface area contributed by atoms with Crippen molar-refractivity contribution < 1.29 is 4.79 Å². The van der Waals surface area contributed by atoms with Crippen LogP contribution in [0.1, 0.15) is 49.9 Å². The third kappa shape index (κ3) is 3.70. The lowest BCUT2D eigenvalue weighted by Crippen LogP contribution is -2.41. The third-order valence-electron chi connectivity index (χ3n) is 4.95. The number of ketones is 1. The molecule has 0 amide bonds. The maximum Gasteiger partial charge on any atom is 0.176 e. The van der Waals surface area contributed by atoms with Gasteiger partial charge in [0.05, 0.1) is 6.54 Å². The minimum absolute atomic E-state index is 0.234. The van der Waals surface area contributed by atoms with Crippen LogP contribution >= 0.6 is 15.9 Å². The van der Waals surface area contributed by atoms with Gasteiger partial charge in [-0.2, -0.15) is 0 Å². The van der Waals surface area contributed by atoms with Crippen LogP contribution in [0.15, 0.2) is 28.7 Å². The number of carbonyl (C=O) groups excluding carboxylic acids is 1. The zero-order chi connectivity index (χ0) is 14.6. The predicted octanol–water partition coefficient (Wildman–Crippen LogP) is 4.53. The molecule has 0 saturated carbocycles. The van der Waals surface area contributed by atoms with Crippen molar-refractivity contribution in [1.29, 1.82) is 0 Å². The molecule has 1 aliphatic rings. The van der Waals surface area contributed by atoms with Crippen molar-refractivity contribution >= 4 is 21.7 Å². The molecule has 0 aliphatic carbocycles. The number of hydrogen-bond donors (Lipinski definition) is 0. The molecule has 1 aromatic carbocycles. The normalized spacial score (nSPS) is 18.9. The van der Waals surface area contributed by atoms with Crippen LogP contribution in [0, 0.1) is 5.41 Å². The van der Waals surface area contributed by atoms with E-state index in [9.17, 15) is 4.79 Å². The number of benzene rings is 1. The SMILES string of the molecule is CCC1(CC)CCN(CC(=O)c2ccc(Br)cc2)CC1. The summed E-state index contributed by atoms with van der Waals surface area (Å²) in [4.78, 5) is 14.6. The van der Waals surface area contributed by atoms with Crippen molar-refractivity contribution in [1.82, 2.24) is 4.90 Å². The molecule has 2 nitrogen and oxygen atoms in total. The molecule has 0 spiro atoms. The molecule has 0 bridgehead atoms. The Balaban J connectivity index is 1.89. The Morgan fingerprint density at radius 1 is 1.15 bits per heavy atom. The molecule has 1 fully saturated rings. The van der Waals surface area contributed by atoms with Crippen molar-refractivity contribution in [2.24, 2.45) is 5.41 Å². The Labute approximate surface area is 130 Å². The minimum Gasteiger partial charge on any atom is -0.296 e. The summed E-state index contributed by atoms with van der Waals surface area (Å²) in [5.74, 6) is 0.234. The summed E-state index contributed by atoms with van der Waals surface area (Å²) in [6.45, 7) is 7.28. The predicted molar refractivity (Wildman–Crippen MR) is 87.2 cm³/mol. The zero-order valence-electron chi connectivity index (χ0n) is 12.5. The lowest BCUT2D eigenvalue weighted by Gasteiger charge is -2.40. The molecule has 0 unspecified atom stereocenters. The average Bonchev–Trinajstić information content (AvgIpc) is 2.49. The van der Waals surface area contributed by atoms with E-state index in [0.717, 1.165) is 23.1 Å². The molecule has 1 aromatic rings. The molecule has 110 valence electrons. The van der Waals surface area contributed by atoms with Gasteiger partial charge in [-0.3, -0.25) is 9.69 Å². The van der Waals surface area contributed by atoms with Crippen molar-refractivity contribution in [3.63, 3.8) is 0 Å². The molecule has 1 heterocycles. The van der Waals surface area contributed by atoms with E-state index in [-0.39, 0.29) is 5.78 Å². The molecule has 2 rings (SSSR count). The van der Waals surface area contributed by atoms with Crippen LogP contribution in [0.3, 0.4) is 0 Å². The summed E-state index contributed by atoms with van der Waals surface area (Å²) in [6.07, 6.45) is 4.98. The fourth-order valence-corrected chi connectivity index (χ4v) is 3.34. The average molecular weight is 338 g/mol. The molecule has 1 saturated heterocycles. The van der Waals surface area contributed by atoms with Crippen LogP contribution in [-0.2, 0) is 0 Å². The third-order valence-corrected chi connectivity index (χ3v) is 5.48. The maximum atomic E-state index is 12.3. The molecular formula is C17H24BrNO. The summed E-state index contributed by atoms with van der Waals surface area (Å²) < 4.78 is 1.02. The number of piperidine rings is 1. The largest absolute Gasteiger partial charge is 0.296 e. The van der Waals surface area contributed by atoms with E-state index in [0.29, 0.717) is 12.0 Å². The van der Waals surface area contributed by atoms with Gasteiger partial charge in [0.15, 0.2) is 5.78 Å². The molecule has 0 aromatic heterocycles. The van der Waals surface area contributed by atoms with Gasteiger partial charge in [0.25, 0.3) is 0 Å². The molecule has 1 aliphatic heterocycles. The van der Waals surface area contributed by atoms with Gasteiger partial charge in [0.2, 0.25) is 0 Å². The van der Waals surface area contributed by atoms with E-state index in [1.165, 1.54) is 25.7 Å². The molecule has 20 heavy (non-hydrogen) atoms. The van der Waals surface area contributed by atoms with Gasteiger partial charge in [-0.05, 0) is 43.5 Å². The van der Waals surface area contributed by atoms with E-state index in [1.54, 1.807) is 0 Å². The number of Topliss-reactive ketones (excluding diaryl/α,β-unsaturated/α-hetero) is 1. The van der Waals surface area contributed by atoms with Crippen LogP contribution in [0.25, 0.3) is 0 Å². The van der Waals surface area contributed by atoms with Crippen LogP contribution < -0.4 is 0 Å². The van der Waals surface area contributed by atoms with Crippen molar-refractivity contribution in [3.05, 3.63) is 34.3 Å². The number of halogens is 1. The van der Waals surface area contributed by atoms with Gasteiger partial charge in [-0.1, -0.05) is 54.8 Å². The lowest BCUT2D eigenvalue weighted by atomic mass is 9.74. The van der Waals surface area contributed by atoms with Crippen molar-refractivity contribution in [3.8, 4) is 0 Å². The highest BCUT2D eigenvalue weighted by Crippen LogP contribution is 2.37. The van der Waals surface area contributed by atoms with Gasteiger partial charge < -0.3 is 0 Å². The summed E-state index contributed by atoms with van der Waals surface area (Å²) in [5.41, 5.74) is 1.34. The van der Waals surface area contributed by atoms with Crippen LogP contribution in [0.5, 0.6) is 0 Å². The Bertz CT molecular complexity index is 441. The molecular weight excluding hydrogens is 314 g/mol. The molecule has 3 heteroatoms. The minimum atomic E-state index is 0.234. The van der Waals surface area contributed by atoms with E-state index in [2.05, 4.69) is 34.7 Å². The number of carbonyl (C=O) groups is 1. The van der Waals surface area contributed by atoms with Crippen molar-refractivity contribution in [2.75, 3.05) is 19.6 Å². The highest BCUT2D eigenvalue weighted by molar-refractivity contribution is 9.10. The highest BCUT2D eigenvalue weighted by atomic mass is 79.9. The van der Waals surface area contributed by atoms with Gasteiger partial charge in [-0.25, -0.2) is 0 Å². The monoisotopic (exact) mass is 337 g/mol. The zero-order valence-corrected chi connectivity index (χ0v) is 14.1. The number of hydrogen-bond acceptors (Lipinski definition) is 2. The van der Waals surface area contributed by atoms with E-state index < -0.39 is 0 Å². The second kappa shape index (κ2) is 6.86. The Hall–Kier alpha value is -0.670. The summed E-state index contributed by atoms with van der Waals surface area (Å²) in [7, 11) is 0. The fraction of sp³-hybridized carbons (Fsp3) is 0.588. The van der Waals surface area contributed by atoms with Gasteiger partial charge in [0.1, 0.15) is 0 Å². The van der Waals surface area contributed by atoms with Gasteiger partial charge in [-0.15, -0.1) is 0 Å². The van der Waals surface area contributed by atoms with Gasteiger partial charge in [0, 0.05) is 10.0 Å². The first-order chi connectivity index (χ1) is 9.58. The first-order valence-corrected chi connectivity index (χ1v) is 8.39. The maximum absolute atomic E-state index is 12.3. The Kier molecular flexibility index (Phi) is 5.39.